The number of aromatic nitrogens is 2. The number of aromatic amines is 1. The molecule has 10 heteroatoms. The number of nitrogens with one attached hydrogen (secondary N) is 1. The molecule has 1 aliphatic heterocycles. The van der Waals surface area contributed by atoms with Gasteiger partial charge >= 0.3 is 5.69 Å². The van der Waals surface area contributed by atoms with Crippen molar-refractivity contribution < 1.29 is 13.2 Å². The molecule has 30 heavy (non-hydrogen) atoms. The molecule has 0 saturated heterocycles. The molecule has 154 valence electrons. The number of para-hydroxylation sites is 1. The highest BCUT2D eigenvalue weighted by Gasteiger charge is 2.31. The van der Waals surface area contributed by atoms with Gasteiger partial charge in [0.15, 0.2) is 0 Å². The quantitative estimate of drug-likeness (QED) is 0.588. The molecule has 0 spiro atoms. The van der Waals surface area contributed by atoms with Crippen LogP contribution >= 0.6 is 0 Å². The predicted octanol–water partition coefficient (Wildman–Crippen LogP) is 0.638. The SMILES string of the molecule is Cn1c(N)c(C(=O)c2cccc(S(=O)(=O)N3CCc4ccccc43)c2)c(=O)[nH]c1=O. The van der Waals surface area contributed by atoms with Crippen LogP contribution in [0.4, 0.5) is 11.5 Å². The topological polar surface area (TPSA) is 135 Å². The van der Waals surface area contributed by atoms with Gasteiger partial charge in [-0.3, -0.25) is 23.4 Å². The Kier molecular flexibility index (Phi) is 4.58. The van der Waals surface area contributed by atoms with E-state index in [1.807, 2.05) is 17.1 Å². The maximum Gasteiger partial charge on any atom is 0.329 e. The second kappa shape index (κ2) is 6.99. The average Bonchev–Trinajstić information content (AvgIpc) is 3.17. The monoisotopic (exact) mass is 426 g/mol. The third-order valence-corrected chi connectivity index (χ3v) is 6.93. The van der Waals surface area contributed by atoms with Gasteiger partial charge in [0.2, 0.25) is 5.78 Å². The lowest BCUT2D eigenvalue weighted by molar-refractivity contribution is 0.103. The van der Waals surface area contributed by atoms with Crippen LogP contribution < -0.4 is 21.3 Å². The van der Waals surface area contributed by atoms with E-state index in [1.54, 1.807) is 12.1 Å². The summed E-state index contributed by atoms with van der Waals surface area (Å²) in [5, 5.41) is 0. The minimum absolute atomic E-state index is 0.0283. The zero-order valence-electron chi connectivity index (χ0n) is 16.0. The molecule has 0 unspecified atom stereocenters. The number of carbonyl (C=O) groups excluding carboxylic acids is 1. The molecule has 2 heterocycles. The van der Waals surface area contributed by atoms with Crippen LogP contribution in [-0.2, 0) is 23.5 Å². The fraction of sp³-hybridized carbons (Fsp3) is 0.150. The van der Waals surface area contributed by atoms with Crippen molar-refractivity contribution in [3.05, 3.63) is 86.1 Å². The Labute approximate surface area is 171 Å². The smallest absolute Gasteiger partial charge is 0.329 e. The maximum atomic E-state index is 13.2. The third kappa shape index (κ3) is 3.01. The summed E-state index contributed by atoms with van der Waals surface area (Å²) in [5.74, 6) is -1.07. The molecule has 3 aromatic rings. The minimum Gasteiger partial charge on any atom is -0.384 e. The van der Waals surface area contributed by atoms with Crippen LogP contribution in [0.3, 0.4) is 0 Å². The van der Waals surface area contributed by atoms with E-state index in [0.29, 0.717) is 18.7 Å². The third-order valence-electron chi connectivity index (χ3n) is 5.13. The van der Waals surface area contributed by atoms with Gasteiger partial charge in [-0.1, -0.05) is 30.3 Å². The predicted molar refractivity (Wildman–Crippen MR) is 111 cm³/mol. The Morgan fingerprint density at radius 1 is 1.10 bits per heavy atom. The van der Waals surface area contributed by atoms with Gasteiger partial charge in [0, 0.05) is 19.2 Å². The molecule has 1 aromatic heterocycles. The number of sulfonamides is 1. The van der Waals surface area contributed by atoms with Crippen molar-refractivity contribution in [2.24, 2.45) is 7.05 Å². The lowest BCUT2D eigenvalue weighted by atomic mass is 10.1. The number of nitrogen functional groups attached to an aromatic ring is 1. The highest BCUT2D eigenvalue weighted by atomic mass is 32.2. The molecule has 0 aliphatic carbocycles. The first-order valence-electron chi connectivity index (χ1n) is 9.06. The van der Waals surface area contributed by atoms with Crippen molar-refractivity contribution in [3.63, 3.8) is 0 Å². The lowest BCUT2D eigenvalue weighted by Crippen LogP contribution is -2.35. The molecular weight excluding hydrogens is 408 g/mol. The number of benzene rings is 2. The summed E-state index contributed by atoms with van der Waals surface area (Å²) in [7, 11) is -2.60. The van der Waals surface area contributed by atoms with Crippen molar-refractivity contribution >= 4 is 27.3 Å². The van der Waals surface area contributed by atoms with Gasteiger partial charge in [0.1, 0.15) is 11.4 Å². The maximum absolute atomic E-state index is 13.2. The minimum atomic E-state index is -3.92. The van der Waals surface area contributed by atoms with Crippen LogP contribution in [-0.4, -0.2) is 30.3 Å². The highest BCUT2D eigenvalue weighted by molar-refractivity contribution is 7.92. The van der Waals surface area contributed by atoms with E-state index in [9.17, 15) is 22.8 Å². The molecule has 0 amide bonds. The number of fused-ring (bicyclic) bond motifs is 1. The van der Waals surface area contributed by atoms with Crippen molar-refractivity contribution in [1.29, 1.82) is 0 Å². The van der Waals surface area contributed by atoms with Crippen LogP contribution in [0.1, 0.15) is 21.5 Å². The first-order valence-corrected chi connectivity index (χ1v) is 10.5. The number of H-pyrrole nitrogens is 1. The summed E-state index contributed by atoms with van der Waals surface area (Å²) in [6, 6.07) is 12.6. The Morgan fingerprint density at radius 2 is 1.83 bits per heavy atom. The molecule has 4 rings (SSSR count). The van der Waals surface area contributed by atoms with E-state index >= 15 is 0 Å². The number of ketones is 1. The Balaban J connectivity index is 1.78. The number of hydrogen-bond acceptors (Lipinski definition) is 6. The number of anilines is 2. The van der Waals surface area contributed by atoms with E-state index < -0.39 is 32.6 Å². The number of hydrogen-bond donors (Lipinski definition) is 2. The second-order valence-electron chi connectivity index (χ2n) is 6.89. The van der Waals surface area contributed by atoms with Gasteiger partial charge in [-0.2, -0.15) is 0 Å². The molecule has 9 nitrogen and oxygen atoms in total. The first-order chi connectivity index (χ1) is 14.2. The molecule has 0 bridgehead atoms. The molecule has 3 N–H and O–H groups in total. The Hall–Kier alpha value is -3.66. The van der Waals surface area contributed by atoms with Gasteiger partial charge in [0.25, 0.3) is 15.6 Å². The van der Waals surface area contributed by atoms with Crippen LogP contribution in [0.25, 0.3) is 0 Å². The van der Waals surface area contributed by atoms with E-state index in [2.05, 4.69) is 0 Å². The van der Waals surface area contributed by atoms with Crippen molar-refractivity contribution in [2.75, 3.05) is 16.6 Å². The summed E-state index contributed by atoms with van der Waals surface area (Å²) in [4.78, 5) is 38.7. The van der Waals surface area contributed by atoms with Gasteiger partial charge in [-0.05, 0) is 30.2 Å². The number of rotatable bonds is 4. The molecule has 0 fully saturated rings. The van der Waals surface area contributed by atoms with E-state index in [0.717, 1.165) is 10.1 Å². The van der Waals surface area contributed by atoms with E-state index in [4.69, 9.17) is 5.73 Å². The molecule has 0 atom stereocenters. The second-order valence-corrected chi connectivity index (χ2v) is 8.75. The zero-order chi connectivity index (χ0) is 21.6. The van der Waals surface area contributed by atoms with Gasteiger partial charge in [-0.25, -0.2) is 13.2 Å². The van der Waals surface area contributed by atoms with E-state index in [1.165, 1.54) is 35.6 Å². The molecule has 1 aliphatic rings. The van der Waals surface area contributed by atoms with Gasteiger partial charge in [-0.15, -0.1) is 0 Å². The van der Waals surface area contributed by atoms with Crippen molar-refractivity contribution in [1.82, 2.24) is 9.55 Å². The fourth-order valence-electron chi connectivity index (χ4n) is 3.48. The highest BCUT2D eigenvalue weighted by Crippen LogP contribution is 2.32. The van der Waals surface area contributed by atoms with E-state index in [-0.39, 0.29) is 16.3 Å². The summed E-state index contributed by atoms with van der Waals surface area (Å²) in [6.45, 7) is 0.299. The number of carbonyl (C=O) groups is 1. The molecule has 0 saturated carbocycles. The summed E-state index contributed by atoms with van der Waals surface area (Å²) in [5.41, 5.74) is 5.20. The average molecular weight is 426 g/mol. The molecule has 2 aromatic carbocycles. The van der Waals surface area contributed by atoms with Crippen LogP contribution in [0, 0.1) is 0 Å². The summed E-state index contributed by atoms with van der Waals surface area (Å²) < 4.78 is 28.7. The number of nitrogens with two attached hydrogens (primary N) is 1. The van der Waals surface area contributed by atoms with Crippen molar-refractivity contribution in [3.8, 4) is 0 Å². The normalized spacial score (nSPS) is 13.3. The van der Waals surface area contributed by atoms with Crippen molar-refractivity contribution in [2.45, 2.75) is 11.3 Å². The fourth-order valence-corrected chi connectivity index (χ4v) is 5.03. The lowest BCUT2D eigenvalue weighted by Gasteiger charge is -2.20. The summed E-state index contributed by atoms with van der Waals surface area (Å²) in [6.07, 6.45) is 0.595. The van der Waals surface area contributed by atoms with Crippen LogP contribution in [0.5, 0.6) is 0 Å². The summed E-state index contributed by atoms with van der Waals surface area (Å²) >= 11 is 0. The largest absolute Gasteiger partial charge is 0.384 e. The van der Waals surface area contributed by atoms with Gasteiger partial charge < -0.3 is 5.73 Å². The Morgan fingerprint density at radius 3 is 2.60 bits per heavy atom. The van der Waals surface area contributed by atoms with Gasteiger partial charge in [0.05, 0.1) is 10.6 Å². The first kappa shape index (κ1) is 19.6. The molecule has 0 radical (unpaired) electrons. The van der Waals surface area contributed by atoms with Crippen LogP contribution in [0.15, 0.2) is 63.0 Å². The zero-order valence-corrected chi connectivity index (χ0v) is 16.8. The van der Waals surface area contributed by atoms with Crippen LogP contribution in [0.2, 0.25) is 0 Å². The standard InChI is InChI=1S/C20H18N4O5S/c1-23-18(21)16(19(26)22-20(23)27)17(25)13-6-4-7-14(11-13)30(28,29)24-10-9-12-5-2-3-8-15(12)24/h2-8,11H,9-10,21H2,1H3,(H,22,26,27). The Bertz CT molecular complexity index is 1410. The molecular formula is C20H18N4O5S. The number of nitrogens with zero attached hydrogens (tertiary/aromatic N) is 2.